The summed E-state index contributed by atoms with van der Waals surface area (Å²) < 4.78 is 9.94. The van der Waals surface area contributed by atoms with Gasteiger partial charge in [-0.3, -0.25) is 9.59 Å². The van der Waals surface area contributed by atoms with E-state index in [1.165, 1.54) is 32.1 Å². The number of ether oxygens (including phenoxy) is 1. The Labute approximate surface area is 175 Å². The Morgan fingerprint density at radius 2 is 1.87 bits per heavy atom. The molecule has 1 aromatic heterocycles. The highest BCUT2D eigenvalue weighted by molar-refractivity contribution is 5.95. The summed E-state index contributed by atoms with van der Waals surface area (Å²) in [6.45, 7) is 5.39. The van der Waals surface area contributed by atoms with Gasteiger partial charge in [-0.25, -0.2) is 4.79 Å². The molecular weight excluding hydrogens is 386 g/mol. The van der Waals surface area contributed by atoms with Gasteiger partial charge in [-0.15, -0.1) is 0 Å². The van der Waals surface area contributed by atoms with Crippen LogP contribution < -0.4 is 15.5 Å². The van der Waals surface area contributed by atoms with E-state index >= 15 is 0 Å². The van der Waals surface area contributed by atoms with Gasteiger partial charge in [-0.2, -0.15) is 0 Å². The van der Waals surface area contributed by atoms with Crippen LogP contribution in [0.15, 0.2) is 47.1 Å². The first-order chi connectivity index (χ1) is 14.4. The number of rotatable bonds is 7. The molecule has 1 aliphatic rings. The van der Waals surface area contributed by atoms with E-state index < -0.39 is 30.4 Å². The van der Waals surface area contributed by atoms with Crippen molar-refractivity contribution in [2.45, 2.75) is 32.7 Å². The molecule has 2 heterocycles. The Balaban J connectivity index is 1.41. The number of furan rings is 1. The second-order valence-electron chi connectivity index (χ2n) is 7.54. The minimum absolute atomic E-state index is 0.0925. The van der Waals surface area contributed by atoms with Crippen molar-refractivity contribution < 1.29 is 23.5 Å². The van der Waals surface area contributed by atoms with Gasteiger partial charge in [0, 0.05) is 24.5 Å². The van der Waals surface area contributed by atoms with Crippen molar-refractivity contribution in [3.63, 3.8) is 0 Å². The van der Waals surface area contributed by atoms with Gasteiger partial charge in [-0.1, -0.05) is 6.92 Å². The molecule has 160 valence electrons. The normalized spacial score (nSPS) is 15.3. The lowest BCUT2D eigenvalue weighted by atomic mass is 9.99. The molecule has 1 aliphatic heterocycles. The molecule has 30 heavy (non-hydrogen) atoms. The van der Waals surface area contributed by atoms with E-state index in [1.54, 1.807) is 6.07 Å². The zero-order valence-electron chi connectivity index (χ0n) is 17.2. The molecular formula is C22H27N3O5. The summed E-state index contributed by atoms with van der Waals surface area (Å²) in [4.78, 5) is 38.3. The molecule has 2 N–H and O–H groups in total. The van der Waals surface area contributed by atoms with Crippen LogP contribution in [0.3, 0.4) is 0 Å². The van der Waals surface area contributed by atoms with Gasteiger partial charge in [0.1, 0.15) is 6.04 Å². The number of amides is 2. The summed E-state index contributed by atoms with van der Waals surface area (Å²) in [5.74, 6) is -0.831. The van der Waals surface area contributed by atoms with Gasteiger partial charge in [0.2, 0.25) is 0 Å². The lowest BCUT2D eigenvalue weighted by molar-refractivity contribution is -0.148. The van der Waals surface area contributed by atoms with Crippen LogP contribution in [0.2, 0.25) is 0 Å². The molecule has 0 aliphatic carbocycles. The minimum atomic E-state index is -0.915. The summed E-state index contributed by atoms with van der Waals surface area (Å²) in [7, 11) is 0. The molecule has 1 saturated heterocycles. The Morgan fingerprint density at radius 1 is 1.17 bits per heavy atom. The maximum absolute atomic E-state index is 12.1. The highest BCUT2D eigenvalue weighted by atomic mass is 16.5. The smallest absolute Gasteiger partial charge is 0.328 e. The summed E-state index contributed by atoms with van der Waals surface area (Å²) in [5, 5.41) is 5.15. The third-order valence-electron chi connectivity index (χ3n) is 5.09. The van der Waals surface area contributed by atoms with E-state index in [9.17, 15) is 14.4 Å². The number of nitrogens with one attached hydrogen (secondary N) is 2. The fourth-order valence-corrected chi connectivity index (χ4v) is 3.22. The number of benzene rings is 1. The number of carbonyl (C=O) groups is 3. The summed E-state index contributed by atoms with van der Waals surface area (Å²) in [5.41, 5.74) is 1.76. The fourth-order valence-electron chi connectivity index (χ4n) is 3.22. The topological polar surface area (TPSA) is 101 Å². The monoisotopic (exact) mass is 413 g/mol. The molecule has 2 amide bonds. The van der Waals surface area contributed by atoms with Crippen molar-refractivity contribution >= 4 is 29.2 Å². The number of carbonyl (C=O) groups excluding carboxylic acids is 3. The first kappa shape index (κ1) is 21.4. The van der Waals surface area contributed by atoms with Crippen molar-refractivity contribution in [3.8, 4) is 0 Å². The van der Waals surface area contributed by atoms with Gasteiger partial charge >= 0.3 is 5.97 Å². The van der Waals surface area contributed by atoms with E-state index in [1.807, 2.05) is 24.3 Å². The summed E-state index contributed by atoms with van der Waals surface area (Å²) in [6.07, 6.45) is 3.73. The summed E-state index contributed by atoms with van der Waals surface area (Å²) in [6, 6.07) is 9.76. The lowest BCUT2D eigenvalue weighted by Crippen LogP contribution is -2.40. The minimum Gasteiger partial charge on any atom is -0.459 e. The Hall–Kier alpha value is -3.29. The molecule has 0 spiro atoms. The number of piperidine rings is 1. The molecule has 1 fully saturated rings. The van der Waals surface area contributed by atoms with E-state index in [0.29, 0.717) is 5.69 Å². The molecule has 3 rings (SSSR count). The molecule has 0 radical (unpaired) electrons. The molecule has 0 saturated carbocycles. The summed E-state index contributed by atoms with van der Waals surface area (Å²) >= 11 is 0. The predicted octanol–water partition coefficient (Wildman–Crippen LogP) is 2.82. The van der Waals surface area contributed by atoms with Crippen molar-refractivity contribution in [3.05, 3.63) is 48.4 Å². The quantitative estimate of drug-likeness (QED) is 0.677. The van der Waals surface area contributed by atoms with Crippen LogP contribution in [-0.4, -0.2) is 43.5 Å². The first-order valence-electron chi connectivity index (χ1n) is 10.1. The van der Waals surface area contributed by atoms with Crippen molar-refractivity contribution in [2.24, 2.45) is 5.92 Å². The van der Waals surface area contributed by atoms with E-state index in [2.05, 4.69) is 22.5 Å². The van der Waals surface area contributed by atoms with Crippen LogP contribution in [0.1, 0.15) is 37.2 Å². The molecule has 0 bridgehead atoms. The standard InChI is InChI=1S/C22H27N3O5/c1-15-9-11-25(12-10-15)18-7-5-17(6-8-18)24-20(26)14-30-22(28)16(2)23-21(27)19-4-3-13-29-19/h3-8,13,15-16H,9-12,14H2,1-2H3,(H,23,27)(H,24,26)/t16-/m0/s1. The van der Waals surface area contributed by atoms with E-state index in [0.717, 1.165) is 24.7 Å². The van der Waals surface area contributed by atoms with Crippen LogP contribution in [0, 0.1) is 5.92 Å². The Bertz CT molecular complexity index is 855. The van der Waals surface area contributed by atoms with E-state index in [-0.39, 0.29) is 5.76 Å². The number of nitrogens with zero attached hydrogens (tertiary/aromatic N) is 1. The second-order valence-corrected chi connectivity index (χ2v) is 7.54. The number of anilines is 2. The second kappa shape index (κ2) is 9.96. The van der Waals surface area contributed by atoms with Gasteiger partial charge in [0.25, 0.3) is 11.8 Å². The predicted molar refractivity (Wildman–Crippen MR) is 112 cm³/mol. The van der Waals surface area contributed by atoms with Crippen molar-refractivity contribution in [1.29, 1.82) is 0 Å². The molecule has 0 unspecified atom stereocenters. The van der Waals surface area contributed by atoms with Crippen LogP contribution in [0.25, 0.3) is 0 Å². The van der Waals surface area contributed by atoms with Crippen LogP contribution in [-0.2, 0) is 14.3 Å². The van der Waals surface area contributed by atoms with Gasteiger partial charge in [-0.05, 0) is 62.1 Å². The highest BCUT2D eigenvalue weighted by Crippen LogP contribution is 2.24. The van der Waals surface area contributed by atoms with Gasteiger partial charge < -0.3 is 24.7 Å². The van der Waals surface area contributed by atoms with Gasteiger partial charge in [0.05, 0.1) is 6.26 Å². The highest BCUT2D eigenvalue weighted by Gasteiger charge is 2.20. The van der Waals surface area contributed by atoms with Crippen molar-refractivity contribution in [2.75, 3.05) is 29.9 Å². The third kappa shape index (κ3) is 5.85. The molecule has 1 atom stereocenters. The van der Waals surface area contributed by atoms with Crippen LogP contribution >= 0.6 is 0 Å². The molecule has 8 nitrogen and oxygen atoms in total. The fraction of sp³-hybridized carbons (Fsp3) is 0.409. The zero-order valence-corrected chi connectivity index (χ0v) is 17.2. The largest absolute Gasteiger partial charge is 0.459 e. The van der Waals surface area contributed by atoms with E-state index in [4.69, 9.17) is 9.15 Å². The number of hydrogen-bond acceptors (Lipinski definition) is 6. The van der Waals surface area contributed by atoms with Crippen molar-refractivity contribution in [1.82, 2.24) is 5.32 Å². The average Bonchev–Trinajstić information content (AvgIpc) is 3.28. The molecule has 8 heteroatoms. The number of esters is 1. The SMILES string of the molecule is CC1CCN(c2ccc(NC(=O)COC(=O)[C@H](C)NC(=O)c3ccco3)cc2)CC1. The molecule has 1 aromatic carbocycles. The van der Waals surface area contributed by atoms with Gasteiger partial charge in [0.15, 0.2) is 12.4 Å². The first-order valence-corrected chi connectivity index (χ1v) is 10.1. The number of hydrogen-bond donors (Lipinski definition) is 2. The third-order valence-corrected chi connectivity index (χ3v) is 5.09. The van der Waals surface area contributed by atoms with Crippen LogP contribution in [0.4, 0.5) is 11.4 Å². The Kier molecular flexibility index (Phi) is 7.11. The Morgan fingerprint density at radius 3 is 2.50 bits per heavy atom. The average molecular weight is 413 g/mol. The maximum atomic E-state index is 12.1. The lowest BCUT2D eigenvalue weighted by Gasteiger charge is -2.32. The molecule has 2 aromatic rings. The maximum Gasteiger partial charge on any atom is 0.328 e. The van der Waals surface area contributed by atoms with Crippen LogP contribution in [0.5, 0.6) is 0 Å². The zero-order chi connectivity index (χ0) is 21.5.